The van der Waals surface area contributed by atoms with Gasteiger partial charge in [0.1, 0.15) is 0 Å². The molecule has 2 aromatic rings. The summed E-state index contributed by atoms with van der Waals surface area (Å²) in [4.78, 5) is 21.2. The lowest BCUT2D eigenvalue weighted by Gasteiger charge is -2.19. The van der Waals surface area contributed by atoms with E-state index >= 15 is 0 Å². The van der Waals surface area contributed by atoms with Crippen LogP contribution < -0.4 is 11.1 Å². The molecule has 0 heterocycles. The van der Waals surface area contributed by atoms with Crippen molar-refractivity contribution in [2.45, 2.75) is 12.5 Å². The van der Waals surface area contributed by atoms with Crippen molar-refractivity contribution in [3.63, 3.8) is 0 Å². The van der Waals surface area contributed by atoms with E-state index in [0.29, 0.717) is 5.69 Å². The van der Waals surface area contributed by atoms with Crippen molar-refractivity contribution >= 4 is 23.0 Å². The summed E-state index contributed by atoms with van der Waals surface area (Å²) in [5.41, 5.74) is 7.14. The number of hydrogen-bond acceptors (Lipinski definition) is 5. The fraction of sp³-hybridized carbons (Fsp3) is 0.133. The number of carboxylic acid groups (broad SMARTS) is 1. The van der Waals surface area contributed by atoms with E-state index in [1.165, 1.54) is 18.2 Å². The second-order valence-electron chi connectivity index (χ2n) is 4.73. The van der Waals surface area contributed by atoms with Gasteiger partial charge < -0.3 is 16.2 Å². The molecule has 0 saturated heterocycles. The second-order valence-corrected chi connectivity index (χ2v) is 4.73. The van der Waals surface area contributed by atoms with Crippen LogP contribution in [-0.4, -0.2) is 16.0 Å². The Bertz CT molecular complexity index is 688. The molecule has 114 valence electrons. The normalized spacial score (nSPS) is 11.6. The summed E-state index contributed by atoms with van der Waals surface area (Å²) < 4.78 is 0. The van der Waals surface area contributed by atoms with Crippen molar-refractivity contribution in [1.82, 2.24) is 0 Å². The zero-order chi connectivity index (χ0) is 16.1. The average molecular weight is 301 g/mol. The fourth-order valence-corrected chi connectivity index (χ4v) is 2.10. The monoisotopic (exact) mass is 301 g/mol. The van der Waals surface area contributed by atoms with Gasteiger partial charge in [-0.2, -0.15) is 0 Å². The third-order valence-electron chi connectivity index (χ3n) is 3.16. The molecule has 22 heavy (non-hydrogen) atoms. The third kappa shape index (κ3) is 3.72. The number of benzene rings is 2. The van der Waals surface area contributed by atoms with Gasteiger partial charge in [-0.15, -0.1) is 0 Å². The number of nitro benzene ring substituents is 1. The molecule has 0 aliphatic carbocycles. The Hall–Kier alpha value is -3.09. The van der Waals surface area contributed by atoms with Crippen LogP contribution >= 0.6 is 0 Å². The molecule has 0 aromatic heterocycles. The number of nitrogens with one attached hydrogen (secondary N) is 1. The molecule has 1 atom stereocenters. The van der Waals surface area contributed by atoms with Crippen LogP contribution in [0.25, 0.3) is 0 Å². The Morgan fingerprint density at radius 1 is 1.27 bits per heavy atom. The molecule has 2 aromatic carbocycles. The minimum absolute atomic E-state index is 0.113. The highest BCUT2D eigenvalue weighted by Crippen LogP contribution is 2.29. The summed E-state index contributed by atoms with van der Waals surface area (Å²) in [7, 11) is 0. The highest BCUT2D eigenvalue weighted by Gasteiger charge is 2.17. The number of carboxylic acids is 1. The first-order valence-corrected chi connectivity index (χ1v) is 6.54. The molecule has 2 rings (SSSR count). The van der Waals surface area contributed by atoms with E-state index in [0.717, 1.165) is 5.56 Å². The first kappa shape index (κ1) is 15.3. The minimum Gasteiger partial charge on any atom is -0.481 e. The van der Waals surface area contributed by atoms with Gasteiger partial charge in [0.2, 0.25) is 0 Å². The lowest BCUT2D eigenvalue weighted by Crippen LogP contribution is -2.16. The van der Waals surface area contributed by atoms with Crippen molar-refractivity contribution in [3.8, 4) is 0 Å². The van der Waals surface area contributed by atoms with Crippen molar-refractivity contribution in [1.29, 1.82) is 0 Å². The number of carbonyl (C=O) groups is 1. The maximum atomic E-state index is 11.0. The van der Waals surface area contributed by atoms with E-state index in [2.05, 4.69) is 5.32 Å². The van der Waals surface area contributed by atoms with Gasteiger partial charge in [-0.3, -0.25) is 14.9 Å². The highest BCUT2D eigenvalue weighted by molar-refractivity contribution is 5.72. The number of rotatable bonds is 6. The fourth-order valence-electron chi connectivity index (χ4n) is 2.10. The molecule has 0 bridgehead atoms. The SMILES string of the molecule is Nc1cc([N+](=O)[O-])ccc1N[C@H](CC(=O)O)c1ccccc1. The molecule has 0 aliphatic rings. The van der Waals surface area contributed by atoms with Crippen LogP contribution in [0.5, 0.6) is 0 Å². The lowest BCUT2D eigenvalue weighted by molar-refractivity contribution is -0.384. The number of hydrogen-bond donors (Lipinski definition) is 3. The Labute approximate surface area is 126 Å². The first-order valence-electron chi connectivity index (χ1n) is 6.54. The third-order valence-corrected chi connectivity index (χ3v) is 3.16. The smallest absolute Gasteiger partial charge is 0.305 e. The summed E-state index contributed by atoms with van der Waals surface area (Å²) in [5, 5.41) is 22.8. The Morgan fingerprint density at radius 2 is 1.95 bits per heavy atom. The summed E-state index contributed by atoms with van der Waals surface area (Å²) in [5.74, 6) is -0.957. The number of anilines is 2. The van der Waals surface area contributed by atoms with Gasteiger partial charge >= 0.3 is 5.97 Å². The number of nitro groups is 1. The molecule has 0 unspecified atom stereocenters. The summed E-state index contributed by atoms with van der Waals surface area (Å²) >= 11 is 0. The van der Waals surface area contributed by atoms with E-state index in [-0.39, 0.29) is 17.8 Å². The maximum absolute atomic E-state index is 11.0. The molecule has 0 amide bonds. The topological polar surface area (TPSA) is 118 Å². The number of nitrogens with zero attached hydrogens (tertiary/aromatic N) is 1. The molecular weight excluding hydrogens is 286 g/mol. The second kappa shape index (κ2) is 6.57. The quantitative estimate of drug-likeness (QED) is 0.429. The number of aliphatic carboxylic acids is 1. The van der Waals surface area contributed by atoms with Crippen LogP contribution in [-0.2, 0) is 4.79 Å². The van der Waals surface area contributed by atoms with Crippen LogP contribution in [0.4, 0.5) is 17.1 Å². The highest BCUT2D eigenvalue weighted by atomic mass is 16.6. The molecule has 0 saturated carbocycles. The van der Waals surface area contributed by atoms with Crippen LogP contribution in [0.2, 0.25) is 0 Å². The van der Waals surface area contributed by atoms with Crippen LogP contribution in [0.1, 0.15) is 18.0 Å². The number of non-ortho nitro benzene ring substituents is 1. The standard InChI is InChI=1S/C15H15N3O4/c16-12-8-11(18(21)22)6-7-13(12)17-14(9-15(19)20)10-4-2-1-3-5-10/h1-8,14,17H,9,16H2,(H,19,20)/t14-/m1/s1. The minimum atomic E-state index is -0.957. The van der Waals surface area contributed by atoms with Gasteiger partial charge in [0, 0.05) is 12.1 Å². The van der Waals surface area contributed by atoms with Crippen LogP contribution in [0.3, 0.4) is 0 Å². The molecular formula is C15H15N3O4. The summed E-state index contributed by atoms with van der Waals surface area (Å²) in [6.07, 6.45) is -0.138. The average Bonchev–Trinajstić information content (AvgIpc) is 2.48. The summed E-state index contributed by atoms with van der Waals surface area (Å²) in [6.45, 7) is 0. The van der Waals surface area contributed by atoms with Crippen molar-refractivity contribution < 1.29 is 14.8 Å². The molecule has 7 nitrogen and oxygen atoms in total. The molecule has 4 N–H and O–H groups in total. The summed E-state index contributed by atoms with van der Waals surface area (Å²) in [6, 6.07) is 12.6. The molecule has 0 radical (unpaired) electrons. The van der Waals surface area contributed by atoms with Crippen LogP contribution in [0.15, 0.2) is 48.5 Å². The molecule has 0 aliphatic heterocycles. The number of nitrogens with two attached hydrogens (primary N) is 1. The lowest BCUT2D eigenvalue weighted by atomic mass is 10.0. The predicted octanol–water partition coefficient (Wildman–Crippen LogP) is 2.80. The van der Waals surface area contributed by atoms with Crippen molar-refractivity contribution in [2.75, 3.05) is 11.1 Å². The maximum Gasteiger partial charge on any atom is 0.305 e. The molecule has 7 heteroatoms. The van der Waals surface area contributed by atoms with Gasteiger partial charge in [0.25, 0.3) is 5.69 Å². The molecule has 0 fully saturated rings. The van der Waals surface area contributed by atoms with Crippen molar-refractivity contribution in [2.24, 2.45) is 0 Å². The zero-order valence-corrected chi connectivity index (χ0v) is 11.6. The van der Waals surface area contributed by atoms with E-state index in [1.807, 2.05) is 30.3 Å². The van der Waals surface area contributed by atoms with Crippen LogP contribution in [0, 0.1) is 10.1 Å². The molecule has 0 spiro atoms. The van der Waals surface area contributed by atoms with E-state index in [4.69, 9.17) is 10.8 Å². The van der Waals surface area contributed by atoms with Gasteiger partial charge in [-0.05, 0) is 11.6 Å². The predicted molar refractivity (Wildman–Crippen MR) is 82.6 cm³/mol. The number of nitrogen functional groups attached to an aromatic ring is 1. The van der Waals surface area contributed by atoms with E-state index in [1.54, 1.807) is 0 Å². The Balaban J connectivity index is 2.27. The van der Waals surface area contributed by atoms with Crippen molar-refractivity contribution in [3.05, 3.63) is 64.2 Å². The van der Waals surface area contributed by atoms with Gasteiger partial charge in [-0.1, -0.05) is 30.3 Å². The first-order chi connectivity index (χ1) is 10.5. The Kier molecular flexibility index (Phi) is 4.57. The largest absolute Gasteiger partial charge is 0.481 e. The van der Waals surface area contributed by atoms with Gasteiger partial charge in [0.15, 0.2) is 0 Å². The van der Waals surface area contributed by atoms with Gasteiger partial charge in [0.05, 0.1) is 28.8 Å². The van der Waals surface area contributed by atoms with E-state index < -0.39 is 16.9 Å². The zero-order valence-electron chi connectivity index (χ0n) is 11.6. The van der Waals surface area contributed by atoms with E-state index in [9.17, 15) is 14.9 Å². The Morgan fingerprint density at radius 3 is 2.50 bits per heavy atom. The van der Waals surface area contributed by atoms with Gasteiger partial charge in [-0.25, -0.2) is 0 Å².